The van der Waals surface area contributed by atoms with E-state index in [0.29, 0.717) is 34.8 Å². The maximum absolute atomic E-state index is 12.4. The molecule has 10 heteroatoms. The number of aromatic nitrogens is 2. The van der Waals surface area contributed by atoms with Crippen molar-refractivity contribution in [1.29, 1.82) is 0 Å². The number of ether oxygens (including phenoxy) is 1. The zero-order valence-electron chi connectivity index (χ0n) is 16.5. The molecule has 2 unspecified atom stereocenters. The van der Waals surface area contributed by atoms with Crippen LogP contribution in [0, 0.1) is 5.92 Å². The lowest BCUT2D eigenvalue weighted by atomic mass is 9.86. The minimum Gasteiger partial charge on any atom is -0.478 e. The van der Waals surface area contributed by atoms with Crippen LogP contribution < -0.4 is 10.1 Å². The summed E-state index contributed by atoms with van der Waals surface area (Å²) in [7, 11) is -1.87. The van der Waals surface area contributed by atoms with E-state index in [1.165, 1.54) is 6.07 Å². The highest BCUT2D eigenvalue weighted by atomic mass is 32.2. The molecule has 29 heavy (non-hydrogen) atoms. The fourth-order valence-electron chi connectivity index (χ4n) is 3.79. The Bertz CT molecular complexity index is 1120. The molecule has 0 saturated carbocycles. The first-order valence-corrected chi connectivity index (χ1v) is 11.1. The molecular formula is C19H22N4O5S. The molecule has 0 aliphatic carbocycles. The molecule has 0 radical (unpaired) electrons. The third-order valence-electron chi connectivity index (χ3n) is 5.32. The Morgan fingerprint density at radius 1 is 1.24 bits per heavy atom. The van der Waals surface area contributed by atoms with Gasteiger partial charge in [-0.15, -0.1) is 0 Å². The van der Waals surface area contributed by atoms with E-state index in [4.69, 9.17) is 4.74 Å². The van der Waals surface area contributed by atoms with E-state index >= 15 is 0 Å². The minimum atomic E-state index is -3.54. The predicted molar refractivity (Wildman–Crippen MR) is 105 cm³/mol. The van der Waals surface area contributed by atoms with E-state index in [1.807, 2.05) is 13.8 Å². The number of nitrogens with zero attached hydrogens (tertiary/aromatic N) is 2. The summed E-state index contributed by atoms with van der Waals surface area (Å²) >= 11 is 0. The Morgan fingerprint density at radius 3 is 2.62 bits per heavy atom. The van der Waals surface area contributed by atoms with Gasteiger partial charge in [0.1, 0.15) is 11.4 Å². The van der Waals surface area contributed by atoms with Crippen LogP contribution in [0.5, 0.6) is 5.75 Å². The van der Waals surface area contributed by atoms with Gasteiger partial charge in [0.15, 0.2) is 15.9 Å². The van der Waals surface area contributed by atoms with E-state index < -0.39 is 15.9 Å². The smallest absolute Gasteiger partial charge is 0.271 e. The number of amides is 2. The summed E-state index contributed by atoms with van der Waals surface area (Å²) < 4.78 is 30.6. The first kappa shape index (κ1) is 19.4. The van der Waals surface area contributed by atoms with Crippen molar-refractivity contribution in [3.63, 3.8) is 0 Å². The van der Waals surface area contributed by atoms with Gasteiger partial charge in [0, 0.05) is 36.9 Å². The molecule has 0 saturated heterocycles. The van der Waals surface area contributed by atoms with Crippen molar-refractivity contribution in [2.75, 3.05) is 25.2 Å². The maximum Gasteiger partial charge on any atom is 0.271 e. The van der Waals surface area contributed by atoms with Crippen LogP contribution in [0.2, 0.25) is 0 Å². The van der Waals surface area contributed by atoms with Crippen molar-refractivity contribution in [2.45, 2.75) is 30.8 Å². The highest BCUT2D eigenvalue weighted by molar-refractivity contribution is 7.90. The minimum absolute atomic E-state index is 0.0720. The van der Waals surface area contributed by atoms with Crippen LogP contribution in [-0.2, 0) is 14.6 Å². The van der Waals surface area contributed by atoms with Gasteiger partial charge in [-0.3, -0.25) is 14.7 Å². The van der Waals surface area contributed by atoms with Crippen LogP contribution >= 0.6 is 0 Å². The van der Waals surface area contributed by atoms with Gasteiger partial charge in [0.05, 0.1) is 16.8 Å². The number of likely N-dealkylation sites (N-methyl/N-ethyl adjacent to an activating group) is 1. The summed E-state index contributed by atoms with van der Waals surface area (Å²) in [6.07, 6.45) is 1.99. The summed E-state index contributed by atoms with van der Waals surface area (Å²) in [5, 5.41) is 9.52. The molecule has 2 aliphatic rings. The number of H-pyrrole nitrogens is 1. The predicted octanol–water partition coefficient (Wildman–Crippen LogP) is 1.39. The molecular weight excluding hydrogens is 396 g/mol. The summed E-state index contributed by atoms with van der Waals surface area (Å²) in [6, 6.07) is 2.98. The lowest BCUT2D eigenvalue weighted by Gasteiger charge is -2.34. The fourth-order valence-corrected chi connectivity index (χ4v) is 4.46. The van der Waals surface area contributed by atoms with Crippen LogP contribution in [0.1, 0.15) is 41.4 Å². The van der Waals surface area contributed by atoms with Gasteiger partial charge in [-0.25, -0.2) is 8.42 Å². The second-order valence-corrected chi connectivity index (χ2v) is 9.89. The van der Waals surface area contributed by atoms with E-state index in [2.05, 4.69) is 15.5 Å². The number of anilines is 1. The highest BCUT2D eigenvalue weighted by Crippen LogP contribution is 2.44. The third-order valence-corrected chi connectivity index (χ3v) is 6.41. The molecule has 1 aromatic heterocycles. The summed E-state index contributed by atoms with van der Waals surface area (Å²) in [5.41, 5.74) is 1.94. The molecule has 2 atom stereocenters. The molecule has 2 N–H and O–H groups in total. The van der Waals surface area contributed by atoms with Gasteiger partial charge in [-0.05, 0) is 18.1 Å². The highest BCUT2D eigenvalue weighted by Gasteiger charge is 2.38. The van der Waals surface area contributed by atoms with Crippen LogP contribution in [0.3, 0.4) is 0 Å². The van der Waals surface area contributed by atoms with Crippen LogP contribution in [0.4, 0.5) is 5.69 Å². The van der Waals surface area contributed by atoms with Crippen LogP contribution in [0.25, 0.3) is 0 Å². The van der Waals surface area contributed by atoms with Gasteiger partial charge in [-0.2, -0.15) is 5.10 Å². The van der Waals surface area contributed by atoms with Crippen LogP contribution in [-0.4, -0.2) is 61.3 Å². The van der Waals surface area contributed by atoms with E-state index in [9.17, 15) is 18.0 Å². The van der Waals surface area contributed by atoms with Crippen molar-refractivity contribution < 1.29 is 22.7 Å². The topological polar surface area (TPSA) is 121 Å². The molecule has 3 heterocycles. The van der Waals surface area contributed by atoms with Gasteiger partial charge >= 0.3 is 0 Å². The molecule has 154 valence electrons. The summed E-state index contributed by atoms with van der Waals surface area (Å²) in [6.45, 7) is 4.08. The molecule has 9 nitrogen and oxygen atoms in total. The number of carbonyl (C=O) groups is 2. The van der Waals surface area contributed by atoms with Gasteiger partial charge < -0.3 is 15.0 Å². The van der Waals surface area contributed by atoms with E-state index in [1.54, 1.807) is 24.2 Å². The average Bonchev–Trinajstić information content (AvgIpc) is 3.12. The largest absolute Gasteiger partial charge is 0.478 e. The Morgan fingerprint density at radius 2 is 1.97 bits per heavy atom. The Kier molecular flexibility index (Phi) is 4.41. The van der Waals surface area contributed by atoms with Gasteiger partial charge in [0.25, 0.3) is 11.8 Å². The molecule has 1 aromatic carbocycles. The SMILES string of the molecule is CC(C)C1Oc2c(cc(S(C)(=O)=O)cc2C2CN(C)C(=O)c3[nH]ncc32)NC1=O. The van der Waals surface area contributed by atoms with Crippen molar-refractivity contribution in [3.05, 3.63) is 35.2 Å². The monoisotopic (exact) mass is 418 g/mol. The van der Waals surface area contributed by atoms with Crippen molar-refractivity contribution >= 4 is 27.3 Å². The third kappa shape index (κ3) is 3.17. The number of carbonyl (C=O) groups excluding carboxylic acids is 2. The second kappa shape index (κ2) is 6.58. The first-order chi connectivity index (χ1) is 13.6. The number of hydrogen-bond donors (Lipinski definition) is 2. The lowest BCUT2D eigenvalue weighted by Crippen LogP contribution is -2.42. The zero-order valence-corrected chi connectivity index (χ0v) is 17.3. The Balaban J connectivity index is 1.94. The molecule has 0 spiro atoms. The van der Waals surface area contributed by atoms with E-state index in [0.717, 1.165) is 6.26 Å². The fraction of sp³-hybridized carbons (Fsp3) is 0.421. The molecule has 2 aliphatic heterocycles. The number of nitrogens with one attached hydrogen (secondary N) is 2. The number of rotatable bonds is 3. The Hall–Kier alpha value is -2.88. The van der Waals surface area contributed by atoms with Gasteiger partial charge in [-0.1, -0.05) is 13.8 Å². The Labute approximate surface area is 168 Å². The summed E-state index contributed by atoms with van der Waals surface area (Å²) in [4.78, 5) is 26.5. The average molecular weight is 418 g/mol. The summed E-state index contributed by atoms with van der Waals surface area (Å²) in [5.74, 6) is -0.508. The maximum atomic E-state index is 12.4. The number of fused-ring (bicyclic) bond motifs is 2. The molecule has 2 amide bonds. The standard InChI is InChI=1S/C19H22N4O5S/c1-9(2)16-18(24)21-14-6-10(29(4,26)27)5-11(17(14)28-16)13-8-23(3)19(25)15-12(13)7-20-22-15/h5-7,9,13,16H,8H2,1-4H3,(H,20,22)(H,21,24). The lowest BCUT2D eigenvalue weighted by molar-refractivity contribution is -0.125. The van der Waals surface area contributed by atoms with Crippen LogP contribution in [0.15, 0.2) is 23.2 Å². The van der Waals surface area contributed by atoms with Gasteiger partial charge in [0.2, 0.25) is 0 Å². The molecule has 0 fully saturated rings. The number of aromatic amines is 1. The number of hydrogen-bond acceptors (Lipinski definition) is 6. The molecule has 0 bridgehead atoms. The zero-order chi connectivity index (χ0) is 21.1. The van der Waals surface area contributed by atoms with E-state index in [-0.39, 0.29) is 28.5 Å². The normalized spacial score (nSPS) is 21.5. The number of benzene rings is 1. The van der Waals surface area contributed by atoms with Crippen molar-refractivity contribution in [1.82, 2.24) is 15.1 Å². The van der Waals surface area contributed by atoms with Crippen molar-refractivity contribution in [3.8, 4) is 5.75 Å². The van der Waals surface area contributed by atoms with Crippen molar-refractivity contribution in [2.24, 2.45) is 5.92 Å². The first-order valence-electron chi connectivity index (χ1n) is 9.22. The number of sulfone groups is 1. The molecule has 4 rings (SSSR count). The quantitative estimate of drug-likeness (QED) is 0.777. The second-order valence-electron chi connectivity index (χ2n) is 7.87. The molecule has 2 aromatic rings.